The summed E-state index contributed by atoms with van der Waals surface area (Å²) < 4.78 is 0. The molecule has 88 valence electrons. The molecule has 1 fully saturated rings. The number of hydrogen-bond acceptors (Lipinski definition) is 3. The lowest BCUT2D eigenvalue weighted by Gasteiger charge is -2.28. The fourth-order valence-electron chi connectivity index (χ4n) is 1.96. The van der Waals surface area contributed by atoms with E-state index in [0.717, 1.165) is 18.9 Å². The second-order valence-electron chi connectivity index (χ2n) is 3.92. The van der Waals surface area contributed by atoms with Crippen LogP contribution in [-0.4, -0.2) is 25.1 Å². The maximum Gasteiger partial charge on any atom is 0.149 e. The van der Waals surface area contributed by atoms with Crippen molar-refractivity contribution in [2.45, 2.75) is 19.3 Å². The molecule has 0 aromatic carbocycles. The average molecular weight is 260 g/mol. The second-order valence-corrected chi connectivity index (χ2v) is 4.74. The van der Waals surface area contributed by atoms with E-state index in [0.29, 0.717) is 15.9 Å². The Morgan fingerprint density at radius 3 is 2.50 bits per heavy atom. The van der Waals surface area contributed by atoms with Gasteiger partial charge in [0.05, 0.1) is 10.0 Å². The normalized spacial score (nSPS) is 16.3. The van der Waals surface area contributed by atoms with Gasteiger partial charge >= 0.3 is 0 Å². The van der Waals surface area contributed by atoms with Gasteiger partial charge in [-0.1, -0.05) is 23.2 Å². The standard InChI is InChI=1S/C11H15Cl2N3/c1-14-10-8(12)7-9(13)11(15-10)16-5-3-2-4-6-16/h7H,2-6H2,1H3,(H,14,15). The van der Waals surface area contributed by atoms with E-state index in [1.165, 1.54) is 19.3 Å². The Hall–Kier alpha value is -0.670. The SMILES string of the molecule is CNc1nc(N2CCCCC2)c(Cl)cc1Cl. The molecule has 3 nitrogen and oxygen atoms in total. The van der Waals surface area contributed by atoms with Crippen LogP contribution >= 0.6 is 23.2 Å². The highest BCUT2D eigenvalue weighted by Gasteiger charge is 2.17. The third-order valence-electron chi connectivity index (χ3n) is 2.80. The summed E-state index contributed by atoms with van der Waals surface area (Å²) in [5, 5.41) is 4.17. The number of hydrogen-bond donors (Lipinski definition) is 1. The molecule has 0 amide bonds. The van der Waals surface area contributed by atoms with E-state index in [4.69, 9.17) is 23.2 Å². The Balaban J connectivity index is 2.31. The first-order valence-corrected chi connectivity index (χ1v) is 6.26. The molecular weight excluding hydrogens is 245 g/mol. The van der Waals surface area contributed by atoms with E-state index in [9.17, 15) is 0 Å². The van der Waals surface area contributed by atoms with Crippen molar-refractivity contribution in [1.82, 2.24) is 4.98 Å². The summed E-state index contributed by atoms with van der Waals surface area (Å²) in [4.78, 5) is 6.69. The van der Waals surface area contributed by atoms with Crippen molar-refractivity contribution < 1.29 is 0 Å². The predicted molar refractivity (Wildman–Crippen MR) is 69.9 cm³/mol. The highest BCUT2D eigenvalue weighted by molar-refractivity contribution is 6.37. The Morgan fingerprint density at radius 2 is 1.88 bits per heavy atom. The van der Waals surface area contributed by atoms with Gasteiger partial charge in [0.15, 0.2) is 0 Å². The molecular formula is C11H15Cl2N3. The van der Waals surface area contributed by atoms with Gasteiger partial charge in [-0.3, -0.25) is 0 Å². The summed E-state index contributed by atoms with van der Waals surface area (Å²) in [6.07, 6.45) is 3.70. The Kier molecular flexibility index (Phi) is 3.77. The Labute approximate surface area is 106 Å². The first-order valence-electron chi connectivity index (χ1n) is 5.51. The van der Waals surface area contributed by atoms with Crippen LogP contribution in [0.4, 0.5) is 11.6 Å². The minimum atomic E-state index is 0.563. The lowest BCUT2D eigenvalue weighted by molar-refractivity contribution is 0.574. The molecule has 1 aliphatic heterocycles. The molecule has 0 radical (unpaired) electrons. The van der Waals surface area contributed by atoms with E-state index in [1.54, 1.807) is 6.07 Å². The number of aromatic nitrogens is 1. The van der Waals surface area contributed by atoms with E-state index in [2.05, 4.69) is 15.2 Å². The van der Waals surface area contributed by atoms with Crippen LogP contribution < -0.4 is 10.2 Å². The van der Waals surface area contributed by atoms with Gasteiger partial charge in [0.2, 0.25) is 0 Å². The van der Waals surface area contributed by atoms with Crippen molar-refractivity contribution in [3.05, 3.63) is 16.1 Å². The Bertz CT molecular complexity index is 376. The first kappa shape index (κ1) is 11.8. The zero-order chi connectivity index (χ0) is 11.5. The maximum atomic E-state index is 6.18. The molecule has 0 unspecified atom stereocenters. The van der Waals surface area contributed by atoms with E-state index < -0.39 is 0 Å². The fourth-order valence-corrected chi connectivity index (χ4v) is 2.53. The smallest absolute Gasteiger partial charge is 0.149 e. The molecule has 1 aromatic rings. The molecule has 0 atom stereocenters. The molecule has 2 heterocycles. The van der Waals surface area contributed by atoms with Crippen molar-refractivity contribution >= 4 is 34.8 Å². The molecule has 0 saturated carbocycles. The molecule has 1 saturated heterocycles. The average Bonchev–Trinajstić information content (AvgIpc) is 2.30. The van der Waals surface area contributed by atoms with E-state index >= 15 is 0 Å². The number of pyridine rings is 1. The molecule has 1 N–H and O–H groups in total. The van der Waals surface area contributed by atoms with E-state index in [-0.39, 0.29) is 0 Å². The van der Waals surface area contributed by atoms with Gasteiger partial charge in [-0.15, -0.1) is 0 Å². The van der Waals surface area contributed by atoms with Gasteiger partial charge in [-0.25, -0.2) is 4.98 Å². The molecule has 5 heteroatoms. The zero-order valence-corrected chi connectivity index (χ0v) is 10.8. The monoisotopic (exact) mass is 259 g/mol. The van der Waals surface area contributed by atoms with Crippen molar-refractivity contribution in [1.29, 1.82) is 0 Å². The third-order valence-corrected chi connectivity index (χ3v) is 3.37. The number of rotatable bonds is 2. The maximum absolute atomic E-state index is 6.18. The van der Waals surface area contributed by atoms with Gasteiger partial charge in [-0.05, 0) is 25.3 Å². The predicted octanol–water partition coefficient (Wildman–Crippen LogP) is 3.42. The van der Waals surface area contributed by atoms with Gasteiger partial charge in [-0.2, -0.15) is 0 Å². The molecule has 16 heavy (non-hydrogen) atoms. The molecule has 2 rings (SSSR count). The van der Waals surface area contributed by atoms with Crippen LogP contribution in [0.5, 0.6) is 0 Å². The van der Waals surface area contributed by atoms with Crippen molar-refractivity contribution in [2.75, 3.05) is 30.4 Å². The highest BCUT2D eigenvalue weighted by atomic mass is 35.5. The van der Waals surface area contributed by atoms with Gasteiger partial charge in [0.1, 0.15) is 11.6 Å². The first-order chi connectivity index (χ1) is 7.72. The molecule has 1 aliphatic rings. The third kappa shape index (κ3) is 2.36. The van der Waals surface area contributed by atoms with Crippen LogP contribution in [0.2, 0.25) is 10.0 Å². The summed E-state index contributed by atoms with van der Waals surface area (Å²) in [6, 6.07) is 1.76. The topological polar surface area (TPSA) is 28.2 Å². The Morgan fingerprint density at radius 1 is 1.19 bits per heavy atom. The molecule has 0 bridgehead atoms. The fraction of sp³-hybridized carbons (Fsp3) is 0.545. The number of anilines is 2. The van der Waals surface area contributed by atoms with Crippen LogP contribution in [0.3, 0.4) is 0 Å². The lowest BCUT2D eigenvalue weighted by Crippen LogP contribution is -2.30. The summed E-state index contributed by atoms with van der Waals surface area (Å²) in [5.41, 5.74) is 0. The molecule has 1 aromatic heterocycles. The second kappa shape index (κ2) is 5.11. The van der Waals surface area contributed by atoms with Gasteiger partial charge in [0.25, 0.3) is 0 Å². The number of nitrogens with zero attached hydrogens (tertiary/aromatic N) is 2. The van der Waals surface area contributed by atoms with Crippen LogP contribution in [0.15, 0.2) is 6.07 Å². The van der Waals surface area contributed by atoms with Crippen LogP contribution in [-0.2, 0) is 0 Å². The summed E-state index contributed by atoms with van der Waals surface area (Å²) in [5.74, 6) is 1.53. The van der Waals surface area contributed by atoms with Crippen molar-refractivity contribution in [3.63, 3.8) is 0 Å². The van der Waals surface area contributed by atoms with Crippen LogP contribution in [0, 0.1) is 0 Å². The largest absolute Gasteiger partial charge is 0.372 e. The molecule has 0 spiro atoms. The van der Waals surface area contributed by atoms with Crippen LogP contribution in [0.25, 0.3) is 0 Å². The molecule has 0 aliphatic carbocycles. The van der Waals surface area contributed by atoms with Crippen LogP contribution in [0.1, 0.15) is 19.3 Å². The number of halogens is 2. The van der Waals surface area contributed by atoms with Crippen molar-refractivity contribution in [3.8, 4) is 0 Å². The van der Waals surface area contributed by atoms with E-state index in [1.807, 2.05) is 7.05 Å². The number of nitrogens with one attached hydrogen (secondary N) is 1. The summed E-state index contributed by atoms with van der Waals surface area (Å²) in [6.45, 7) is 2.05. The summed E-state index contributed by atoms with van der Waals surface area (Å²) >= 11 is 12.2. The summed E-state index contributed by atoms with van der Waals surface area (Å²) in [7, 11) is 1.81. The van der Waals surface area contributed by atoms with Gasteiger partial charge in [0, 0.05) is 20.1 Å². The lowest BCUT2D eigenvalue weighted by atomic mass is 10.1. The quantitative estimate of drug-likeness (QED) is 0.883. The minimum absolute atomic E-state index is 0.563. The number of piperidine rings is 1. The zero-order valence-electron chi connectivity index (χ0n) is 9.26. The van der Waals surface area contributed by atoms with Crippen molar-refractivity contribution in [2.24, 2.45) is 0 Å². The highest BCUT2D eigenvalue weighted by Crippen LogP contribution is 2.32. The van der Waals surface area contributed by atoms with Gasteiger partial charge < -0.3 is 10.2 Å². The minimum Gasteiger partial charge on any atom is -0.372 e.